The Morgan fingerprint density at radius 1 is 1.14 bits per heavy atom. The van der Waals surface area contributed by atoms with Crippen molar-refractivity contribution in [3.05, 3.63) is 63.2 Å². The summed E-state index contributed by atoms with van der Waals surface area (Å²) < 4.78 is 26.7. The fourth-order valence-corrected chi connectivity index (χ4v) is 2.90. The highest BCUT2D eigenvalue weighted by Gasteiger charge is 2.20. The average Bonchev–Trinajstić information content (AvgIpc) is 2.41. The van der Waals surface area contributed by atoms with Crippen LogP contribution >= 0.6 is 11.6 Å². The van der Waals surface area contributed by atoms with Crippen LogP contribution < -0.4 is 4.72 Å². The lowest BCUT2D eigenvalue weighted by molar-refractivity contribution is -0.384. The monoisotopic (exact) mass is 326 g/mol. The summed E-state index contributed by atoms with van der Waals surface area (Å²) in [5.74, 6) is 0. The number of nitro benzene ring substituents is 1. The van der Waals surface area contributed by atoms with Crippen molar-refractivity contribution in [1.29, 1.82) is 0 Å². The van der Waals surface area contributed by atoms with Crippen molar-refractivity contribution in [3.8, 4) is 0 Å². The van der Waals surface area contributed by atoms with Gasteiger partial charge >= 0.3 is 0 Å². The number of anilines is 1. The maximum Gasteiger partial charge on any atom is 0.289 e. The number of sulfonamides is 1. The van der Waals surface area contributed by atoms with Gasteiger partial charge in [0, 0.05) is 11.8 Å². The van der Waals surface area contributed by atoms with E-state index in [0.29, 0.717) is 5.69 Å². The van der Waals surface area contributed by atoms with Crippen LogP contribution in [0.4, 0.5) is 11.4 Å². The fraction of sp³-hybridized carbons (Fsp3) is 0.0769. The summed E-state index contributed by atoms with van der Waals surface area (Å²) in [5, 5.41) is 10.7. The molecule has 0 bridgehead atoms. The highest BCUT2D eigenvalue weighted by molar-refractivity contribution is 7.92. The van der Waals surface area contributed by atoms with Crippen LogP contribution in [0.2, 0.25) is 5.02 Å². The first kappa shape index (κ1) is 15.3. The van der Waals surface area contributed by atoms with Crippen molar-refractivity contribution in [1.82, 2.24) is 0 Å². The Morgan fingerprint density at radius 3 is 2.33 bits per heavy atom. The van der Waals surface area contributed by atoms with Gasteiger partial charge in [0.2, 0.25) is 0 Å². The molecule has 2 aromatic carbocycles. The minimum atomic E-state index is -3.91. The zero-order valence-corrected chi connectivity index (χ0v) is 12.5. The maximum atomic E-state index is 12.2. The van der Waals surface area contributed by atoms with Gasteiger partial charge in [0.25, 0.3) is 15.7 Å². The van der Waals surface area contributed by atoms with Crippen LogP contribution in [0.1, 0.15) is 5.56 Å². The molecule has 0 aromatic heterocycles. The molecular formula is C13H11ClN2O4S. The molecule has 2 aromatic rings. The zero-order valence-electron chi connectivity index (χ0n) is 10.9. The molecule has 21 heavy (non-hydrogen) atoms. The number of halogens is 1. The molecule has 1 N–H and O–H groups in total. The Kier molecular flexibility index (Phi) is 4.15. The van der Waals surface area contributed by atoms with Crippen molar-refractivity contribution in [3.63, 3.8) is 0 Å². The molecule has 0 saturated carbocycles. The van der Waals surface area contributed by atoms with Crippen molar-refractivity contribution in [2.75, 3.05) is 4.72 Å². The third kappa shape index (κ3) is 3.50. The van der Waals surface area contributed by atoms with Gasteiger partial charge in [0.1, 0.15) is 5.02 Å². The van der Waals surface area contributed by atoms with E-state index in [2.05, 4.69) is 4.72 Å². The first-order chi connectivity index (χ1) is 9.79. The summed E-state index contributed by atoms with van der Waals surface area (Å²) in [4.78, 5) is 9.85. The second kappa shape index (κ2) is 5.71. The molecule has 2 rings (SSSR count). The second-order valence-electron chi connectivity index (χ2n) is 4.34. The lowest BCUT2D eigenvalue weighted by atomic mass is 10.2. The fourth-order valence-electron chi connectivity index (χ4n) is 1.64. The van der Waals surface area contributed by atoms with E-state index in [1.165, 1.54) is 12.1 Å². The molecule has 0 aliphatic rings. The van der Waals surface area contributed by atoms with Gasteiger partial charge < -0.3 is 0 Å². The molecule has 6 nitrogen and oxygen atoms in total. The summed E-state index contributed by atoms with van der Waals surface area (Å²) in [5.41, 5.74) is 0.904. The molecule has 0 spiro atoms. The summed E-state index contributed by atoms with van der Waals surface area (Å²) in [6, 6.07) is 10.0. The largest absolute Gasteiger partial charge is 0.289 e. The van der Waals surface area contributed by atoms with Crippen molar-refractivity contribution in [2.24, 2.45) is 0 Å². The Morgan fingerprint density at radius 2 is 1.76 bits per heavy atom. The highest BCUT2D eigenvalue weighted by atomic mass is 35.5. The van der Waals surface area contributed by atoms with Crippen molar-refractivity contribution < 1.29 is 13.3 Å². The van der Waals surface area contributed by atoms with Crippen LogP contribution in [0.25, 0.3) is 0 Å². The van der Waals surface area contributed by atoms with E-state index in [1.54, 1.807) is 24.3 Å². The SMILES string of the molecule is Cc1ccc(NS(=O)(=O)c2ccc(Cl)c([N+](=O)[O-])c2)cc1. The zero-order chi connectivity index (χ0) is 15.6. The highest BCUT2D eigenvalue weighted by Crippen LogP contribution is 2.28. The number of rotatable bonds is 4. The predicted molar refractivity (Wildman–Crippen MR) is 80.1 cm³/mol. The first-order valence-electron chi connectivity index (χ1n) is 5.83. The van der Waals surface area contributed by atoms with Gasteiger partial charge in [0.15, 0.2) is 0 Å². The first-order valence-corrected chi connectivity index (χ1v) is 7.69. The van der Waals surface area contributed by atoms with E-state index >= 15 is 0 Å². The number of hydrogen-bond acceptors (Lipinski definition) is 4. The number of nitro groups is 1. The van der Waals surface area contributed by atoms with Gasteiger partial charge in [-0.05, 0) is 31.2 Å². The maximum absolute atomic E-state index is 12.2. The molecule has 0 aliphatic carbocycles. The number of benzene rings is 2. The molecule has 8 heteroatoms. The third-order valence-corrected chi connectivity index (χ3v) is 4.43. The van der Waals surface area contributed by atoms with Gasteiger partial charge in [-0.3, -0.25) is 14.8 Å². The molecule has 110 valence electrons. The van der Waals surface area contributed by atoms with Crippen LogP contribution in [-0.4, -0.2) is 13.3 Å². The van der Waals surface area contributed by atoms with E-state index in [0.717, 1.165) is 11.6 Å². The van der Waals surface area contributed by atoms with Gasteiger partial charge in [-0.15, -0.1) is 0 Å². The smallest absolute Gasteiger partial charge is 0.280 e. The number of hydrogen-bond donors (Lipinski definition) is 1. The molecule has 0 radical (unpaired) electrons. The number of nitrogens with zero attached hydrogens (tertiary/aromatic N) is 1. The Hall–Kier alpha value is -2.12. The van der Waals surface area contributed by atoms with E-state index in [9.17, 15) is 18.5 Å². The summed E-state index contributed by atoms with van der Waals surface area (Å²) in [6.07, 6.45) is 0. The standard InChI is InChI=1S/C13H11ClN2O4S/c1-9-2-4-10(5-3-9)15-21(19,20)11-6-7-12(14)13(8-11)16(17)18/h2-8,15H,1H3. The lowest BCUT2D eigenvalue weighted by Gasteiger charge is -2.08. The van der Waals surface area contributed by atoms with Gasteiger partial charge in [0.05, 0.1) is 9.82 Å². The Balaban J connectivity index is 2.38. The summed E-state index contributed by atoms with van der Waals surface area (Å²) in [7, 11) is -3.91. The van der Waals surface area contributed by atoms with Gasteiger partial charge in [-0.25, -0.2) is 8.42 Å². The Labute approximate surface area is 126 Å². The molecule has 0 aliphatic heterocycles. The molecule has 0 saturated heterocycles. The van der Waals surface area contributed by atoms with Crippen molar-refractivity contribution >= 4 is 33.0 Å². The minimum Gasteiger partial charge on any atom is -0.280 e. The Bertz CT molecular complexity index is 788. The molecule has 0 amide bonds. The predicted octanol–water partition coefficient (Wildman–Crippen LogP) is 3.36. The quantitative estimate of drug-likeness (QED) is 0.689. The van der Waals surface area contributed by atoms with E-state index in [-0.39, 0.29) is 9.92 Å². The van der Waals surface area contributed by atoms with E-state index in [1.807, 2.05) is 6.92 Å². The molecule has 0 atom stereocenters. The van der Waals surface area contributed by atoms with Crippen LogP contribution in [-0.2, 0) is 10.0 Å². The topological polar surface area (TPSA) is 89.3 Å². The van der Waals surface area contributed by atoms with Gasteiger partial charge in [-0.2, -0.15) is 0 Å². The lowest BCUT2D eigenvalue weighted by Crippen LogP contribution is -2.13. The molecular weight excluding hydrogens is 316 g/mol. The average molecular weight is 327 g/mol. The molecule has 0 fully saturated rings. The van der Waals surface area contributed by atoms with Crippen LogP contribution in [0.15, 0.2) is 47.4 Å². The minimum absolute atomic E-state index is 0.116. The van der Waals surface area contributed by atoms with Gasteiger partial charge in [-0.1, -0.05) is 29.3 Å². The molecule has 0 unspecified atom stereocenters. The normalized spacial score (nSPS) is 11.1. The summed E-state index contributed by atoms with van der Waals surface area (Å²) >= 11 is 5.66. The van der Waals surface area contributed by atoms with Crippen molar-refractivity contribution in [2.45, 2.75) is 11.8 Å². The second-order valence-corrected chi connectivity index (χ2v) is 6.43. The third-order valence-electron chi connectivity index (χ3n) is 2.73. The number of aryl methyl sites for hydroxylation is 1. The summed E-state index contributed by atoms with van der Waals surface area (Å²) in [6.45, 7) is 1.88. The molecule has 0 heterocycles. The van der Waals surface area contributed by atoms with Crippen LogP contribution in [0.3, 0.4) is 0 Å². The van der Waals surface area contributed by atoms with Crippen LogP contribution in [0, 0.1) is 17.0 Å². The van der Waals surface area contributed by atoms with Crippen LogP contribution in [0.5, 0.6) is 0 Å². The number of nitrogens with one attached hydrogen (secondary N) is 1. The van der Waals surface area contributed by atoms with E-state index < -0.39 is 20.6 Å². The van der Waals surface area contributed by atoms with E-state index in [4.69, 9.17) is 11.6 Å².